The maximum absolute atomic E-state index is 10.9. The molecule has 0 saturated carbocycles. The summed E-state index contributed by atoms with van der Waals surface area (Å²) < 4.78 is 1.22. The lowest BCUT2D eigenvalue weighted by Gasteiger charge is -1.99. The first-order valence-corrected chi connectivity index (χ1v) is 4.48. The molecule has 0 aliphatic heterocycles. The topological polar surface area (TPSA) is 124 Å². The second-order valence-corrected chi connectivity index (χ2v) is 3.11. The molecular weight excluding hydrogens is 226 g/mol. The molecule has 0 spiro atoms. The SMILES string of the molecule is NC(=O)c1cnn(-c2cncc(C(=O)O)n2)c1. The molecule has 17 heavy (non-hydrogen) atoms. The molecule has 0 aliphatic rings. The van der Waals surface area contributed by atoms with Crippen molar-refractivity contribution in [1.29, 1.82) is 0 Å². The highest BCUT2D eigenvalue weighted by atomic mass is 16.4. The van der Waals surface area contributed by atoms with E-state index < -0.39 is 11.9 Å². The maximum atomic E-state index is 10.9. The molecule has 1 amide bonds. The molecule has 2 rings (SSSR count). The van der Waals surface area contributed by atoms with Crippen LogP contribution in [0.4, 0.5) is 0 Å². The molecule has 0 aromatic carbocycles. The first-order chi connectivity index (χ1) is 8.08. The number of aromatic nitrogens is 4. The fraction of sp³-hybridized carbons (Fsp3) is 0. The predicted octanol–water partition coefficient (Wildman–Crippen LogP) is -0.541. The second kappa shape index (κ2) is 4.00. The van der Waals surface area contributed by atoms with Gasteiger partial charge in [0.25, 0.3) is 5.91 Å². The molecule has 2 aromatic rings. The number of nitrogens with two attached hydrogens (primary N) is 1. The first-order valence-electron chi connectivity index (χ1n) is 4.48. The Morgan fingerprint density at radius 2 is 2.06 bits per heavy atom. The van der Waals surface area contributed by atoms with Gasteiger partial charge in [-0.15, -0.1) is 0 Å². The molecule has 86 valence electrons. The van der Waals surface area contributed by atoms with Gasteiger partial charge in [0.15, 0.2) is 11.5 Å². The Kier molecular flexibility index (Phi) is 2.53. The Bertz CT molecular complexity index is 592. The normalized spacial score (nSPS) is 10.1. The molecule has 0 aliphatic carbocycles. The number of primary amides is 1. The third-order valence-corrected chi connectivity index (χ3v) is 1.94. The van der Waals surface area contributed by atoms with Gasteiger partial charge in [-0.1, -0.05) is 0 Å². The molecule has 0 bridgehead atoms. The van der Waals surface area contributed by atoms with Crippen molar-refractivity contribution in [3.63, 3.8) is 0 Å². The lowest BCUT2D eigenvalue weighted by Crippen LogP contribution is -2.10. The van der Waals surface area contributed by atoms with Gasteiger partial charge in [0, 0.05) is 6.20 Å². The third kappa shape index (κ3) is 2.09. The standard InChI is InChI=1S/C9H7N5O3/c10-8(15)5-1-12-14(4-5)7-3-11-2-6(13-7)9(16)17/h1-4H,(H2,10,15)(H,16,17). The van der Waals surface area contributed by atoms with E-state index in [-0.39, 0.29) is 17.1 Å². The average molecular weight is 233 g/mol. The second-order valence-electron chi connectivity index (χ2n) is 3.11. The maximum Gasteiger partial charge on any atom is 0.356 e. The number of hydrogen-bond acceptors (Lipinski definition) is 5. The van der Waals surface area contributed by atoms with E-state index in [9.17, 15) is 9.59 Å². The van der Waals surface area contributed by atoms with Crippen molar-refractivity contribution in [2.75, 3.05) is 0 Å². The first kappa shape index (κ1) is 10.7. The van der Waals surface area contributed by atoms with Crippen molar-refractivity contribution >= 4 is 11.9 Å². The van der Waals surface area contributed by atoms with Crippen LogP contribution in [0.1, 0.15) is 20.8 Å². The van der Waals surface area contributed by atoms with Crippen LogP contribution in [0.3, 0.4) is 0 Å². The van der Waals surface area contributed by atoms with E-state index in [0.717, 1.165) is 6.20 Å². The highest BCUT2D eigenvalue weighted by Crippen LogP contribution is 2.05. The lowest BCUT2D eigenvalue weighted by molar-refractivity contribution is 0.0689. The number of amides is 1. The van der Waals surface area contributed by atoms with Gasteiger partial charge >= 0.3 is 5.97 Å². The zero-order valence-corrected chi connectivity index (χ0v) is 8.44. The lowest BCUT2D eigenvalue weighted by atomic mass is 10.3. The van der Waals surface area contributed by atoms with Crippen LogP contribution in [0.25, 0.3) is 5.82 Å². The van der Waals surface area contributed by atoms with Gasteiger partial charge in [0.05, 0.1) is 24.2 Å². The molecule has 3 N–H and O–H groups in total. The van der Waals surface area contributed by atoms with Crippen LogP contribution >= 0.6 is 0 Å². The monoisotopic (exact) mass is 233 g/mol. The summed E-state index contributed by atoms with van der Waals surface area (Å²) in [5.74, 6) is -1.63. The van der Waals surface area contributed by atoms with Crippen LogP contribution in [-0.2, 0) is 0 Å². The van der Waals surface area contributed by atoms with Gasteiger partial charge in [0.2, 0.25) is 0 Å². The zero-order valence-electron chi connectivity index (χ0n) is 8.44. The van der Waals surface area contributed by atoms with Crippen LogP contribution < -0.4 is 5.73 Å². The largest absolute Gasteiger partial charge is 0.476 e. The average Bonchev–Trinajstić information content (AvgIpc) is 2.78. The van der Waals surface area contributed by atoms with E-state index in [0.29, 0.717) is 0 Å². The molecule has 0 unspecified atom stereocenters. The van der Waals surface area contributed by atoms with Crippen molar-refractivity contribution in [1.82, 2.24) is 19.7 Å². The number of carbonyl (C=O) groups excluding carboxylic acids is 1. The fourth-order valence-corrected chi connectivity index (χ4v) is 1.14. The van der Waals surface area contributed by atoms with Crippen LogP contribution in [0, 0.1) is 0 Å². The number of carboxylic acid groups (broad SMARTS) is 1. The number of rotatable bonds is 3. The van der Waals surface area contributed by atoms with Crippen LogP contribution in [0.2, 0.25) is 0 Å². The summed E-state index contributed by atoms with van der Waals surface area (Å²) in [5.41, 5.74) is 5.05. The molecule has 2 heterocycles. The molecular formula is C9H7N5O3. The molecule has 0 radical (unpaired) electrons. The Morgan fingerprint density at radius 1 is 1.29 bits per heavy atom. The Morgan fingerprint density at radius 3 is 2.65 bits per heavy atom. The van der Waals surface area contributed by atoms with Gasteiger partial charge in [-0.25, -0.2) is 14.5 Å². The number of carboxylic acids is 1. The van der Waals surface area contributed by atoms with Crippen LogP contribution in [0.15, 0.2) is 24.8 Å². The Labute approximate surface area is 94.7 Å². The van der Waals surface area contributed by atoms with E-state index in [1.165, 1.54) is 23.3 Å². The predicted molar refractivity (Wildman–Crippen MR) is 54.6 cm³/mol. The quantitative estimate of drug-likeness (QED) is 0.733. The number of carbonyl (C=O) groups is 2. The van der Waals surface area contributed by atoms with Gasteiger partial charge in [-0.2, -0.15) is 5.10 Å². The van der Waals surface area contributed by atoms with Gasteiger partial charge < -0.3 is 10.8 Å². The van der Waals surface area contributed by atoms with E-state index in [1.807, 2.05) is 0 Å². The number of nitrogens with zero attached hydrogens (tertiary/aromatic N) is 4. The van der Waals surface area contributed by atoms with Gasteiger partial charge in [-0.05, 0) is 0 Å². The minimum atomic E-state index is -1.19. The third-order valence-electron chi connectivity index (χ3n) is 1.94. The van der Waals surface area contributed by atoms with E-state index >= 15 is 0 Å². The molecule has 2 aromatic heterocycles. The fourth-order valence-electron chi connectivity index (χ4n) is 1.14. The summed E-state index contributed by atoms with van der Waals surface area (Å²) in [6.45, 7) is 0. The number of hydrogen-bond donors (Lipinski definition) is 2. The van der Waals surface area contributed by atoms with Gasteiger partial charge in [-0.3, -0.25) is 9.78 Å². The summed E-state index contributed by atoms with van der Waals surface area (Å²) in [4.78, 5) is 29.1. The molecule has 8 nitrogen and oxygen atoms in total. The molecule has 8 heteroatoms. The summed E-state index contributed by atoms with van der Waals surface area (Å²) in [7, 11) is 0. The molecule has 0 saturated heterocycles. The van der Waals surface area contributed by atoms with Crippen LogP contribution in [0.5, 0.6) is 0 Å². The van der Waals surface area contributed by atoms with E-state index in [4.69, 9.17) is 10.8 Å². The van der Waals surface area contributed by atoms with Crippen molar-refractivity contribution in [2.45, 2.75) is 0 Å². The van der Waals surface area contributed by atoms with Crippen molar-refractivity contribution in [3.05, 3.63) is 36.0 Å². The summed E-state index contributed by atoms with van der Waals surface area (Å²) in [6, 6.07) is 0. The Hall–Kier alpha value is -2.77. The molecule has 0 fully saturated rings. The Balaban J connectivity index is 2.42. The summed E-state index contributed by atoms with van der Waals surface area (Å²) in [5, 5.41) is 12.6. The highest BCUT2D eigenvalue weighted by Gasteiger charge is 2.10. The summed E-state index contributed by atoms with van der Waals surface area (Å²) >= 11 is 0. The van der Waals surface area contributed by atoms with E-state index in [2.05, 4.69) is 15.1 Å². The number of aromatic carboxylic acids is 1. The van der Waals surface area contributed by atoms with E-state index in [1.54, 1.807) is 0 Å². The minimum absolute atomic E-state index is 0.192. The zero-order chi connectivity index (χ0) is 12.4. The molecule has 0 atom stereocenters. The van der Waals surface area contributed by atoms with Crippen molar-refractivity contribution < 1.29 is 14.7 Å². The van der Waals surface area contributed by atoms with Crippen molar-refractivity contribution in [2.24, 2.45) is 5.73 Å². The smallest absolute Gasteiger partial charge is 0.356 e. The minimum Gasteiger partial charge on any atom is -0.476 e. The van der Waals surface area contributed by atoms with Crippen molar-refractivity contribution in [3.8, 4) is 5.82 Å². The highest BCUT2D eigenvalue weighted by molar-refractivity contribution is 5.92. The van der Waals surface area contributed by atoms with Crippen LogP contribution in [-0.4, -0.2) is 36.7 Å². The van der Waals surface area contributed by atoms with Gasteiger partial charge in [0.1, 0.15) is 0 Å². The summed E-state index contributed by atoms with van der Waals surface area (Å²) in [6.07, 6.45) is 5.05.